The zero-order chi connectivity index (χ0) is 34.4. The normalized spacial score (nSPS) is 7.96. The lowest BCUT2D eigenvalue weighted by molar-refractivity contribution is 0.886. The van der Waals surface area contributed by atoms with E-state index in [4.69, 9.17) is 0 Å². The second-order valence-corrected chi connectivity index (χ2v) is 11.6. The number of halogens is 1. The molecule has 0 spiro atoms. The molecule has 0 fully saturated rings. The number of unbranched alkanes of at least 4 members (excludes halogenated alkanes) is 1. The van der Waals surface area contributed by atoms with Crippen LogP contribution in [0.1, 0.15) is 112 Å². The Balaban J connectivity index is -0.000000103. The van der Waals surface area contributed by atoms with Gasteiger partial charge in [-0.1, -0.05) is 89.5 Å². The fourth-order valence-electron chi connectivity index (χ4n) is 2.05. The lowest BCUT2D eigenvalue weighted by atomic mass is 10.3. The van der Waals surface area contributed by atoms with Crippen LogP contribution in [-0.2, 0) is 0 Å². The molecule has 0 aromatic carbocycles. The average molecular weight is 738 g/mol. The number of hydrogen-bond donors (Lipinski definition) is 1. The summed E-state index contributed by atoms with van der Waals surface area (Å²) in [6, 6.07) is 11.9. The summed E-state index contributed by atoms with van der Waals surface area (Å²) in [6.07, 6.45) is 18.4. The van der Waals surface area contributed by atoms with Crippen molar-refractivity contribution in [2.75, 3.05) is 11.5 Å². The van der Waals surface area contributed by atoms with E-state index in [1.54, 1.807) is 37.2 Å². The molecule has 7 heteroatoms. The van der Waals surface area contributed by atoms with Gasteiger partial charge < -0.3 is 0 Å². The SMILES string of the molecule is C.C.CC.CCC.CCCC.CCS.CCSc1cnccc1C.Cc1ccncc1.Cc1ccncc1.Cc1ccncc1Br. The van der Waals surface area contributed by atoms with E-state index in [0.717, 1.165) is 16.0 Å². The van der Waals surface area contributed by atoms with Crippen molar-refractivity contribution < 1.29 is 0 Å². The van der Waals surface area contributed by atoms with E-state index in [9.17, 15) is 0 Å². The highest BCUT2D eigenvalue weighted by atomic mass is 79.9. The molecule has 0 saturated heterocycles. The molecule has 0 unspecified atom stereocenters. The van der Waals surface area contributed by atoms with Crippen molar-refractivity contribution in [3.05, 3.63) is 113 Å². The molecule has 0 radical (unpaired) electrons. The zero-order valence-electron chi connectivity index (χ0n) is 29.6. The minimum absolute atomic E-state index is 0. The topological polar surface area (TPSA) is 51.6 Å². The van der Waals surface area contributed by atoms with Gasteiger partial charge in [0.25, 0.3) is 0 Å². The molecule has 4 aromatic rings. The summed E-state index contributed by atoms with van der Waals surface area (Å²) in [5.74, 6) is 2.06. The largest absolute Gasteiger partial charge is 0.265 e. The third-order valence-corrected chi connectivity index (χ3v) is 6.32. The van der Waals surface area contributed by atoms with E-state index >= 15 is 0 Å². The van der Waals surface area contributed by atoms with Crippen LogP contribution in [0.3, 0.4) is 0 Å². The van der Waals surface area contributed by atoms with Crippen LogP contribution in [0, 0.1) is 27.7 Å². The van der Waals surface area contributed by atoms with Crippen LogP contribution >= 0.6 is 40.3 Å². The number of rotatable bonds is 3. The van der Waals surface area contributed by atoms with Crippen LogP contribution in [0.4, 0.5) is 0 Å². The highest BCUT2D eigenvalue weighted by molar-refractivity contribution is 9.10. The predicted molar refractivity (Wildman–Crippen MR) is 221 cm³/mol. The molecule has 0 aliphatic rings. The van der Waals surface area contributed by atoms with Crippen molar-refractivity contribution in [1.82, 2.24) is 19.9 Å². The monoisotopic (exact) mass is 736 g/mol. The third-order valence-electron chi connectivity index (χ3n) is 4.46. The summed E-state index contributed by atoms with van der Waals surface area (Å²) in [7, 11) is 0. The molecule has 264 valence electrons. The Morgan fingerprint density at radius 3 is 1.13 bits per heavy atom. The first-order valence-electron chi connectivity index (χ1n) is 15.6. The van der Waals surface area contributed by atoms with Crippen LogP contribution in [-0.4, -0.2) is 31.4 Å². The second-order valence-electron chi connectivity index (χ2n) is 8.77. The van der Waals surface area contributed by atoms with Crippen molar-refractivity contribution in [3.63, 3.8) is 0 Å². The Labute approximate surface area is 305 Å². The molecule has 0 saturated carbocycles. The number of hydrogen-bond acceptors (Lipinski definition) is 6. The van der Waals surface area contributed by atoms with Gasteiger partial charge in [0.2, 0.25) is 0 Å². The highest BCUT2D eigenvalue weighted by Crippen LogP contribution is 2.19. The van der Waals surface area contributed by atoms with Crippen LogP contribution < -0.4 is 0 Å². The van der Waals surface area contributed by atoms with E-state index in [0.29, 0.717) is 0 Å². The van der Waals surface area contributed by atoms with Gasteiger partial charge >= 0.3 is 0 Å². The Morgan fingerprint density at radius 1 is 0.587 bits per heavy atom. The Kier molecular flexibility index (Phi) is 57.6. The molecule has 46 heavy (non-hydrogen) atoms. The van der Waals surface area contributed by atoms with E-state index in [1.165, 1.54) is 46.4 Å². The maximum atomic E-state index is 4.04. The van der Waals surface area contributed by atoms with Crippen molar-refractivity contribution in [1.29, 1.82) is 0 Å². The number of nitrogens with zero attached hydrogens (tertiary/aromatic N) is 4. The number of thiol groups is 1. The number of thioether (sulfide) groups is 1. The van der Waals surface area contributed by atoms with Gasteiger partial charge in [0.15, 0.2) is 0 Å². The van der Waals surface area contributed by atoms with Gasteiger partial charge in [0, 0.05) is 58.9 Å². The first-order valence-corrected chi connectivity index (χ1v) is 18.0. The van der Waals surface area contributed by atoms with Crippen LogP contribution in [0.15, 0.2) is 95.3 Å². The van der Waals surface area contributed by atoms with Crippen molar-refractivity contribution in [3.8, 4) is 0 Å². The highest BCUT2D eigenvalue weighted by Gasteiger charge is 1.94. The fraction of sp³-hybridized carbons (Fsp3) is 0.487. The summed E-state index contributed by atoms with van der Waals surface area (Å²) in [5, 5.41) is 0. The lowest BCUT2D eigenvalue weighted by Crippen LogP contribution is -1.80. The minimum atomic E-state index is 0. The van der Waals surface area contributed by atoms with Gasteiger partial charge in [-0.15, -0.1) is 11.8 Å². The summed E-state index contributed by atoms with van der Waals surface area (Å²) in [6.45, 7) is 25.0. The zero-order valence-corrected chi connectivity index (χ0v) is 32.9. The summed E-state index contributed by atoms with van der Waals surface area (Å²) in [4.78, 5) is 16.9. The molecule has 0 bridgehead atoms. The Bertz CT molecular complexity index is 1010. The molecular weight excluding hydrogens is 668 g/mol. The van der Waals surface area contributed by atoms with Gasteiger partial charge in [-0.25, -0.2) is 0 Å². The first-order chi connectivity index (χ1) is 21.2. The first kappa shape index (κ1) is 56.1. The maximum Gasteiger partial charge on any atom is 0.0412 e. The van der Waals surface area contributed by atoms with Crippen LogP contribution in [0.5, 0.6) is 0 Å². The average Bonchev–Trinajstić information content (AvgIpc) is 3.04. The number of aryl methyl sites for hydroxylation is 4. The van der Waals surface area contributed by atoms with Gasteiger partial charge in [-0.2, -0.15) is 12.6 Å². The molecule has 0 aliphatic carbocycles. The second kappa shape index (κ2) is 47.2. The molecule has 0 amide bonds. The smallest absolute Gasteiger partial charge is 0.0412 e. The van der Waals surface area contributed by atoms with Gasteiger partial charge in [-0.3, -0.25) is 19.9 Å². The van der Waals surface area contributed by atoms with Crippen molar-refractivity contribution >= 4 is 40.3 Å². The van der Waals surface area contributed by atoms with Gasteiger partial charge in [-0.05, 0) is 114 Å². The summed E-state index contributed by atoms with van der Waals surface area (Å²) < 4.78 is 1.07. The summed E-state index contributed by atoms with van der Waals surface area (Å²) in [5.41, 5.74) is 5.06. The summed E-state index contributed by atoms with van der Waals surface area (Å²) >= 11 is 8.96. The van der Waals surface area contributed by atoms with E-state index in [1.807, 2.05) is 102 Å². The Morgan fingerprint density at radius 2 is 0.913 bits per heavy atom. The molecular formula is C39H69BrN4S2. The van der Waals surface area contributed by atoms with Gasteiger partial charge in [0.05, 0.1) is 0 Å². The number of aromatic nitrogens is 4. The molecule has 4 rings (SSSR count). The van der Waals surface area contributed by atoms with E-state index < -0.39 is 0 Å². The standard InChI is InChI=1S/C8H11NS.C6H6BrN.2C6H7N.C4H10.C3H8.C2H6S.C2H6.2CH4/c1-3-10-8-6-9-5-4-7(8)2;1-5-2-3-8-4-6(5)7;2*1-6-2-4-7-5-3-6;1-3-4-2;1-3-2;1-2-3;1-2;;/h4-6H,3H2,1-2H3;2-4H,1H3;2*2-5H,1H3;3-4H2,1-2H3;3H2,1-2H3;3H,2H2,1H3;1-2H3;2*1H4. The molecule has 0 atom stereocenters. The van der Waals surface area contributed by atoms with E-state index in [2.05, 4.69) is 90.0 Å². The molecule has 0 aliphatic heterocycles. The third kappa shape index (κ3) is 43.9. The van der Waals surface area contributed by atoms with Crippen LogP contribution in [0.25, 0.3) is 0 Å². The fourth-order valence-corrected chi connectivity index (χ4v) is 3.05. The number of pyridine rings is 4. The molecule has 4 aromatic heterocycles. The Hall–Kier alpha value is -2.22. The predicted octanol–water partition coefficient (Wildman–Crippen LogP) is 13.9. The van der Waals surface area contributed by atoms with Crippen molar-refractivity contribution in [2.45, 2.75) is 122 Å². The lowest BCUT2D eigenvalue weighted by Gasteiger charge is -1.99. The molecule has 0 N–H and O–H groups in total. The quantitative estimate of drug-likeness (QED) is 0.168. The maximum absolute atomic E-state index is 4.04. The molecule has 4 heterocycles. The minimum Gasteiger partial charge on any atom is -0.265 e. The van der Waals surface area contributed by atoms with E-state index in [-0.39, 0.29) is 14.9 Å². The van der Waals surface area contributed by atoms with Gasteiger partial charge in [0.1, 0.15) is 0 Å². The van der Waals surface area contributed by atoms with Crippen molar-refractivity contribution in [2.24, 2.45) is 0 Å². The molecule has 4 nitrogen and oxygen atoms in total. The van der Waals surface area contributed by atoms with Crippen LogP contribution in [0.2, 0.25) is 0 Å².